The smallest absolute Gasteiger partial charge is 0.251 e. The molecule has 0 atom stereocenters. The third kappa shape index (κ3) is 3.28. The Kier molecular flexibility index (Phi) is 4.74. The maximum absolute atomic E-state index is 12.2. The summed E-state index contributed by atoms with van der Waals surface area (Å²) >= 11 is 0. The first-order valence-electron chi connectivity index (χ1n) is 7.86. The van der Waals surface area contributed by atoms with Crippen LogP contribution in [0.2, 0.25) is 0 Å². The van der Waals surface area contributed by atoms with E-state index in [4.69, 9.17) is 4.84 Å². The van der Waals surface area contributed by atoms with E-state index in [-0.39, 0.29) is 17.9 Å². The topological polar surface area (TPSA) is 32.8 Å². The maximum Gasteiger partial charge on any atom is 0.251 e. The molecule has 0 N–H and O–H groups in total. The molecule has 23 heavy (non-hydrogen) atoms. The molecule has 120 valence electrons. The van der Waals surface area contributed by atoms with Gasteiger partial charge in [0.15, 0.2) is 0 Å². The van der Waals surface area contributed by atoms with Crippen LogP contribution in [0.5, 0.6) is 0 Å². The minimum absolute atomic E-state index is 0.00914. The van der Waals surface area contributed by atoms with Crippen LogP contribution in [0.25, 0.3) is 0 Å². The van der Waals surface area contributed by atoms with Crippen molar-refractivity contribution in [2.45, 2.75) is 6.04 Å². The van der Waals surface area contributed by atoms with Crippen molar-refractivity contribution in [1.82, 2.24) is 9.96 Å². The molecule has 1 aliphatic rings. The molecular weight excluding hydrogens is 288 g/mol. The van der Waals surface area contributed by atoms with Gasteiger partial charge in [-0.2, -0.15) is 0 Å². The van der Waals surface area contributed by atoms with Crippen LogP contribution >= 0.6 is 0 Å². The van der Waals surface area contributed by atoms with E-state index in [1.54, 1.807) is 7.05 Å². The molecule has 2 aromatic rings. The molecule has 1 amide bonds. The first-order valence-corrected chi connectivity index (χ1v) is 7.86. The normalized spacial score (nSPS) is 15.4. The largest absolute Gasteiger partial charge is 0.291 e. The highest BCUT2D eigenvalue weighted by atomic mass is 16.7. The van der Waals surface area contributed by atoms with Crippen molar-refractivity contribution in [3.63, 3.8) is 0 Å². The van der Waals surface area contributed by atoms with Crippen molar-refractivity contribution < 1.29 is 9.63 Å². The van der Waals surface area contributed by atoms with Gasteiger partial charge in [0.05, 0.1) is 19.1 Å². The van der Waals surface area contributed by atoms with E-state index in [0.29, 0.717) is 0 Å². The van der Waals surface area contributed by atoms with Gasteiger partial charge in [0.2, 0.25) is 0 Å². The van der Waals surface area contributed by atoms with Crippen LogP contribution < -0.4 is 0 Å². The second-order valence-electron chi connectivity index (χ2n) is 5.89. The zero-order valence-electron chi connectivity index (χ0n) is 13.6. The van der Waals surface area contributed by atoms with Crippen molar-refractivity contribution in [1.29, 1.82) is 0 Å². The Hall–Kier alpha value is -2.17. The number of nitrogens with zero attached hydrogens (tertiary/aromatic N) is 2. The molecule has 3 rings (SSSR count). The number of likely N-dealkylation sites (tertiary alicyclic amines) is 1. The molecule has 1 saturated heterocycles. The molecule has 4 heteroatoms. The molecule has 0 unspecified atom stereocenters. The molecule has 4 nitrogen and oxygen atoms in total. The van der Waals surface area contributed by atoms with Crippen molar-refractivity contribution in [3.8, 4) is 0 Å². The Balaban J connectivity index is 1.78. The molecule has 1 fully saturated rings. The van der Waals surface area contributed by atoms with Gasteiger partial charge in [0.25, 0.3) is 5.91 Å². The van der Waals surface area contributed by atoms with E-state index in [2.05, 4.69) is 53.4 Å². The zero-order chi connectivity index (χ0) is 16.2. The Morgan fingerprint density at radius 1 is 1.04 bits per heavy atom. The summed E-state index contributed by atoms with van der Waals surface area (Å²) in [5.74, 6) is 0.0542. The van der Waals surface area contributed by atoms with Gasteiger partial charge in [-0.3, -0.25) is 14.5 Å². The average molecular weight is 310 g/mol. The van der Waals surface area contributed by atoms with Crippen LogP contribution in [-0.4, -0.2) is 43.1 Å². The number of benzene rings is 2. The van der Waals surface area contributed by atoms with Crippen LogP contribution in [0, 0.1) is 5.92 Å². The van der Waals surface area contributed by atoms with Crippen LogP contribution in [0.1, 0.15) is 17.2 Å². The lowest BCUT2D eigenvalue weighted by Gasteiger charge is -2.44. The molecule has 0 radical (unpaired) electrons. The minimum atomic E-state index is 0.00914. The van der Waals surface area contributed by atoms with Crippen molar-refractivity contribution >= 4 is 5.91 Å². The molecule has 0 saturated carbocycles. The standard InChI is InChI=1S/C19H22N2O2/c1-20(23-2)19(22)17-13-21(14-17)18(15-9-5-3-6-10-15)16-11-7-4-8-12-16/h3-12,17-18H,13-14H2,1-2H3. The molecule has 1 aliphatic heterocycles. The van der Waals surface area contributed by atoms with Crippen molar-refractivity contribution in [2.75, 3.05) is 27.2 Å². The van der Waals surface area contributed by atoms with Gasteiger partial charge in [0.1, 0.15) is 0 Å². The number of carbonyl (C=O) groups excluding carboxylic acids is 1. The summed E-state index contributed by atoms with van der Waals surface area (Å²) in [5.41, 5.74) is 2.51. The molecule has 2 aromatic carbocycles. The highest BCUT2D eigenvalue weighted by Crippen LogP contribution is 2.34. The predicted octanol–water partition coefficient (Wildman–Crippen LogP) is 2.73. The quantitative estimate of drug-likeness (QED) is 0.796. The highest BCUT2D eigenvalue weighted by molar-refractivity contribution is 5.79. The fourth-order valence-corrected chi connectivity index (χ4v) is 3.11. The second kappa shape index (κ2) is 6.94. The van der Waals surface area contributed by atoms with Gasteiger partial charge in [-0.25, -0.2) is 5.06 Å². The van der Waals surface area contributed by atoms with E-state index in [0.717, 1.165) is 13.1 Å². The summed E-state index contributed by atoms with van der Waals surface area (Å²) in [5, 5.41) is 1.32. The molecule has 0 aromatic heterocycles. The number of amides is 1. The van der Waals surface area contributed by atoms with E-state index < -0.39 is 0 Å². The Labute approximate surface area is 137 Å². The lowest BCUT2D eigenvalue weighted by atomic mass is 9.90. The summed E-state index contributed by atoms with van der Waals surface area (Å²) < 4.78 is 0. The van der Waals surface area contributed by atoms with Gasteiger partial charge in [0, 0.05) is 20.1 Å². The van der Waals surface area contributed by atoms with Gasteiger partial charge in [-0.15, -0.1) is 0 Å². The van der Waals surface area contributed by atoms with E-state index >= 15 is 0 Å². The summed E-state index contributed by atoms with van der Waals surface area (Å²) in [6.45, 7) is 1.50. The first-order chi connectivity index (χ1) is 11.2. The van der Waals surface area contributed by atoms with E-state index in [1.807, 2.05) is 12.1 Å². The van der Waals surface area contributed by atoms with E-state index in [9.17, 15) is 4.79 Å². The lowest BCUT2D eigenvalue weighted by molar-refractivity contribution is -0.179. The van der Waals surface area contributed by atoms with Crippen LogP contribution in [0.4, 0.5) is 0 Å². The fourth-order valence-electron chi connectivity index (χ4n) is 3.11. The second-order valence-corrected chi connectivity index (χ2v) is 5.89. The van der Waals surface area contributed by atoms with Crippen molar-refractivity contribution in [2.24, 2.45) is 5.92 Å². The summed E-state index contributed by atoms with van der Waals surface area (Å²) in [7, 11) is 3.18. The molecule has 0 aliphatic carbocycles. The summed E-state index contributed by atoms with van der Waals surface area (Å²) in [6.07, 6.45) is 0. The number of carbonyl (C=O) groups is 1. The fraction of sp³-hybridized carbons (Fsp3) is 0.316. The minimum Gasteiger partial charge on any atom is -0.291 e. The molecule has 1 heterocycles. The lowest BCUT2D eigenvalue weighted by Crippen LogP contribution is -2.54. The highest BCUT2D eigenvalue weighted by Gasteiger charge is 2.39. The third-order valence-corrected chi connectivity index (χ3v) is 4.44. The van der Waals surface area contributed by atoms with Gasteiger partial charge < -0.3 is 0 Å². The first kappa shape index (κ1) is 15.7. The van der Waals surface area contributed by atoms with Crippen LogP contribution in [-0.2, 0) is 9.63 Å². The average Bonchev–Trinajstić information content (AvgIpc) is 2.58. The van der Waals surface area contributed by atoms with Gasteiger partial charge in [-0.05, 0) is 11.1 Å². The van der Waals surface area contributed by atoms with Gasteiger partial charge in [-0.1, -0.05) is 60.7 Å². The summed E-state index contributed by atoms with van der Waals surface area (Å²) in [4.78, 5) is 19.5. The number of hydrogen-bond donors (Lipinski definition) is 0. The Bertz CT molecular complexity index is 599. The maximum atomic E-state index is 12.2. The third-order valence-electron chi connectivity index (χ3n) is 4.44. The zero-order valence-corrected chi connectivity index (χ0v) is 13.6. The molecular formula is C19H22N2O2. The Morgan fingerprint density at radius 3 is 1.96 bits per heavy atom. The number of hydroxylamine groups is 2. The van der Waals surface area contributed by atoms with Crippen LogP contribution in [0.3, 0.4) is 0 Å². The SMILES string of the molecule is CON(C)C(=O)C1CN(C(c2ccccc2)c2ccccc2)C1. The monoisotopic (exact) mass is 310 g/mol. The molecule has 0 spiro atoms. The van der Waals surface area contributed by atoms with Gasteiger partial charge >= 0.3 is 0 Å². The Morgan fingerprint density at radius 2 is 1.52 bits per heavy atom. The van der Waals surface area contributed by atoms with E-state index in [1.165, 1.54) is 23.3 Å². The van der Waals surface area contributed by atoms with Crippen molar-refractivity contribution in [3.05, 3.63) is 71.8 Å². The number of hydrogen-bond acceptors (Lipinski definition) is 3. The predicted molar refractivity (Wildman–Crippen MR) is 89.6 cm³/mol. The van der Waals surface area contributed by atoms with Crippen LogP contribution in [0.15, 0.2) is 60.7 Å². The number of rotatable bonds is 5. The summed E-state index contributed by atoms with van der Waals surface area (Å²) in [6, 6.07) is 21.1. The molecule has 0 bridgehead atoms.